The van der Waals surface area contributed by atoms with E-state index in [1.807, 2.05) is 32.0 Å². The fourth-order valence-corrected chi connectivity index (χ4v) is 4.48. The summed E-state index contributed by atoms with van der Waals surface area (Å²) in [6, 6.07) is 14.7. The van der Waals surface area contributed by atoms with Gasteiger partial charge in [-0.25, -0.2) is 9.37 Å². The predicted octanol–water partition coefficient (Wildman–Crippen LogP) is 5.25. The number of benzene rings is 2. The zero-order chi connectivity index (χ0) is 26.8. The molecule has 2 amide bonds. The van der Waals surface area contributed by atoms with E-state index < -0.39 is 6.04 Å². The van der Waals surface area contributed by atoms with Crippen molar-refractivity contribution in [2.45, 2.75) is 39.0 Å². The molecule has 5 rings (SSSR count). The number of hydrogen-bond acceptors (Lipinski definition) is 6. The van der Waals surface area contributed by atoms with Crippen molar-refractivity contribution in [2.75, 3.05) is 13.6 Å². The van der Waals surface area contributed by atoms with Gasteiger partial charge in [-0.05, 0) is 73.4 Å². The maximum absolute atomic E-state index is 13.7. The molecule has 1 atom stereocenters. The van der Waals surface area contributed by atoms with E-state index in [4.69, 9.17) is 13.6 Å². The Labute approximate surface area is 219 Å². The van der Waals surface area contributed by atoms with Crippen molar-refractivity contribution in [1.82, 2.24) is 14.8 Å². The Kier molecular flexibility index (Phi) is 7.00. The van der Waals surface area contributed by atoms with Crippen molar-refractivity contribution in [3.63, 3.8) is 0 Å². The molecule has 1 aliphatic heterocycles. The van der Waals surface area contributed by atoms with E-state index in [1.165, 1.54) is 24.7 Å². The summed E-state index contributed by atoms with van der Waals surface area (Å²) in [5, 5.41) is 0. The second kappa shape index (κ2) is 10.5. The Morgan fingerprint density at radius 1 is 1.16 bits per heavy atom. The maximum Gasteiger partial charge on any atom is 0.290 e. The summed E-state index contributed by atoms with van der Waals surface area (Å²) in [7, 11) is 1.71. The van der Waals surface area contributed by atoms with Crippen LogP contribution >= 0.6 is 0 Å². The average Bonchev–Trinajstić information content (AvgIpc) is 3.63. The molecule has 2 aromatic heterocycles. The van der Waals surface area contributed by atoms with Crippen LogP contribution in [-0.4, -0.2) is 46.2 Å². The Morgan fingerprint density at radius 3 is 2.66 bits per heavy atom. The number of hydrogen-bond donors (Lipinski definition) is 0. The fourth-order valence-electron chi connectivity index (χ4n) is 4.48. The zero-order valence-electron chi connectivity index (χ0n) is 21.4. The highest BCUT2D eigenvalue weighted by atomic mass is 19.1. The molecular formula is C29H28FN3O5. The zero-order valence-corrected chi connectivity index (χ0v) is 21.4. The molecule has 9 heteroatoms. The normalized spacial score (nSPS) is 14.9. The van der Waals surface area contributed by atoms with E-state index in [0.29, 0.717) is 18.7 Å². The summed E-state index contributed by atoms with van der Waals surface area (Å²) >= 11 is 0. The summed E-state index contributed by atoms with van der Waals surface area (Å²) in [5.74, 6) is 0.234. The number of carbonyl (C=O) groups excluding carboxylic acids is 2. The largest absolute Gasteiger partial charge is 0.484 e. The monoisotopic (exact) mass is 517 g/mol. The van der Waals surface area contributed by atoms with Gasteiger partial charge in [0, 0.05) is 19.6 Å². The van der Waals surface area contributed by atoms with E-state index >= 15 is 0 Å². The van der Waals surface area contributed by atoms with Gasteiger partial charge in [0.1, 0.15) is 17.8 Å². The summed E-state index contributed by atoms with van der Waals surface area (Å²) in [4.78, 5) is 33.4. The number of fused-ring (bicyclic) bond motifs is 1. The first kappa shape index (κ1) is 25.3. The molecule has 0 N–H and O–H groups in total. The van der Waals surface area contributed by atoms with Crippen LogP contribution in [-0.2, 0) is 13.0 Å². The molecule has 38 heavy (non-hydrogen) atoms. The van der Waals surface area contributed by atoms with E-state index in [9.17, 15) is 14.0 Å². The van der Waals surface area contributed by atoms with Crippen LogP contribution in [0, 0.1) is 5.82 Å². The summed E-state index contributed by atoms with van der Waals surface area (Å²) in [5.41, 5.74) is 2.93. The van der Waals surface area contributed by atoms with Crippen LogP contribution in [0.1, 0.15) is 63.5 Å². The number of furan rings is 1. The molecule has 0 saturated carbocycles. The molecule has 3 heterocycles. The van der Waals surface area contributed by atoms with Gasteiger partial charge in [0.05, 0.1) is 12.3 Å². The van der Waals surface area contributed by atoms with E-state index in [-0.39, 0.29) is 47.6 Å². The smallest absolute Gasteiger partial charge is 0.290 e. The second-order valence-electron chi connectivity index (χ2n) is 9.47. The fraction of sp³-hybridized carbons (Fsp3) is 0.276. The van der Waals surface area contributed by atoms with Gasteiger partial charge < -0.3 is 23.4 Å². The van der Waals surface area contributed by atoms with Crippen LogP contribution in [0.2, 0.25) is 0 Å². The standard InChI is InChI=1S/C29H28FN3O5/c1-18(2)32(3)28(34)24-16-38-26(31-24)17-37-22-11-8-19-12-13-33(29(35)25-5-4-14-36-25)27(23(19)15-22)20-6-9-21(30)10-7-20/h4-11,14-16,18,27H,12-13,17H2,1-3H3. The van der Waals surface area contributed by atoms with Crippen LogP contribution in [0.25, 0.3) is 0 Å². The average molecular weight is 518 g/mol. The molecule has 1 aliphatic rings. The summed E-state index contributed by atoms with van der Waals surface area (Å²) < 4.78 is 30.5. The van der Waals surface area contributed by atoms with Crippen molar-refractivity contribution in [2.24, 2.45) is 0 Å². The summed E-state index contributed by atoms with van der Waals surface area (Å²) in [6.07, 6.45) is 3.44. The molecule has 2 aromatic carbocycles. The maximum atomic E-state index is 13.7. The third-order valence-electron chi connectivity index (χ3n) is 6.75. The van der Waals surface area contributed by atoms with Gasteiger partial charge in [-0.3, -0.25) is 9.59 Å². The Hall–Kier alpha value is -4.40. The molecule has 0 fully saturated rings. The minimum absolute atomic E-state index is 0.0215. The van der Waals surface area contributed by atoms with Gasteiger partial charge in [0.25, 0.3) is 11.8 Å². The van der Waals surface area contributed by atoms with Crippen LogP contribution < -0.4 is 4.74 Å². The third-order valence-corrected chi connectivity index (χ3v) is 6.75. The lowest BCUT2D eigenvalue weighted by atomic mass is 9.87. The van der Waals surface area contributed by atoms with E-state index in [1.54, 1.807) is 41.1 Å². The lowest BCUT2D eigenvalue weighted by molar-refractivity contribution is 0.0661. The number of rotatable bonds is 7. The lowest BCUT2D eigenvalue weighted by Crippen LogP contribution is -2.40. The minimum atomic E-state index is -0.460. The van der Waals surface area contributed by atoms with Gasteiger partial charge in [-0.15, -0.1) is 0 Å². The van der Waals surface area contributed by atoms with Crippen LogP contribution in [0.3, 0.4) is 0 Å². The summed E-state index contributed by atoms with van der Waals surface area (Å²) in [6.45, 7) is 4.33. The number of ether oxygens (including phenoxy) is 1. The molecule has 8 nitrogen and oxygen atoms in total. The molecule has 0 radical (unpaired) electrons. The molecule has 196 valence electrons. The molecule has 0 aliphatic carbocycles. The van der Waals surface area contributed by atoms with E-state index in [0.717, 1.165) is 16.7 Å². The Bertz CT molecular complexity index is 1430. The Balaban J connectivity index is 1.41. The van der Waals surface area contributed by atoms with E-state index in [2.05, 4.69) is 4.98 Å². The third kappa shape index (κ3) is 5.04. The lowest BCUT2D eigenvalue weighted by Gasteiger charge is -2.37. The van der Waals surface area contributed by atoms with Crippen molar-refractivity contribution in [3.05, 3.63) is 107 Å². The quantitative estimate of drug-likeness (QED) is 0.333. The van der Waals surface area contributed by atoms with Gasteiger partial charge in [0.15, 0.2) is 18.1 Å². The number of halogens is 1. The molecular weight excluding hydrogens is 489 g/mol. The van der Waals surface area contributed by atoms with Gasteiger partial charge in [-0.2, -0.15) is 0 Å². The van der Waals surface area contributed by atoms with Crippen LogP contribution in [0.15, 0.2) is 76.0 Å². The van der Waals surface area contributed by atoms with Gasteiger partial charge in [-0.1, -0.05) is 18.2 Å². The molecule has 0 bridgehead atoms. The highest BCUT2D eigenvalue weighted by molar-refractivity contribution is 5.92. The number of amides is 2. The topological polar surface area (TPSA) is 89.0 Å². The first-order valence-corrected chi connectivity index (χ1v) is 12.4. The number of oxazole rings is 1. The van der Waals surface area contributed by atoms with Crippen molar-refractivity contribution in [1.29, 1.82) is 0 Å². The van der Waals surface area contributed by atoms with Crippen molar-refractivity contribution >= 4 is 11.8 Å². The molecule has 0 spiro atoms. The van der Waals surface area contributed by atoms with Crippen molar-refractivity contribution in [3.8, 4) is 5.75 Å². The predicted molar refractivity (Wildman–Crippen MR) is 136 cm³/mol. The number of carbonyl (C=O) groups is 2. The SMILES string of the molecule is CC(C)N(C)C(=O)c1coc(COc2ccc3c(c2)C(c2ccc(F)cc2)N(C(=O)c2ccco2)CC3)n1. The first-order chi connectivity index (χ1) is 18.3. The Morgan fingerprint density at radius 2 is 1.95 bits per heavy atom. The van der Waals surface area contributed by atoms with Crippen molar-refractivity contribution < 1.29 is 27.6 Å². The molecule has 4 aromatic rings. The van der Waals surface area contributed by atoms with Crippen LogP contribution in [0.5, 0.6) is 5.75 Å². The number of nitrogens with zero attached hydrogens (tertiary/aromatic N) is 3. The minimum Gasteiger partial charge on any atom is -0.484 e. The highest BCUT2D eigenvalue weighted by Gasteiger charge is 2.34. The first-order valence-electron chi connectivity index (χ1n) is 12.4. The second-order valence-corrected chi connectivity index (χ2v) is 9.47. The van der Waals surface area contributed by atoms with Crippen LogP contribution in [0.4, 0.5) is 4.39 Å². The highest BCUT2D eigenvalue weighted by Crippen LogP contribution is 2.38. The van der Waals surface area contributed by atoms with Gasteiger partial charge >= 0.3 is 0 Å². The molecule has 0 saturated heterocycles. The van der Waals surface area contributed by atoms with Gasteiger partial charge in [0.2, 0.25) is 5.89 Å². The molecule has 1 unspecified atom stereocenters. The number of aromatic nitrogens is 1.